The van der Waals surface area contributed by atoms with Crippen molar-refractivity contribution in [2.75, 3.05) is 20.8 Å². The number of rotatable bonds is 5. The average molecular weight is 523 g/mol. The second-order valence-electron chi connectivity index (χ2n) is 9.80. The molecule has 3 heterocycles. The second-order valence-corrected chi connectivity index (χ2v) is 9.80. The summed E-state index contributed by atoms with van der Waals surface area (Å²) >= 11 is 0. The minimum absolute atomic E-state index is 0.0263. The van der Waals surface area contributed by atoms with Crippen molar-refractivity contribution in [1.82, 2.24) is 0 Å². The van der Waals surface area contributed by atoms with Crippen LogP contribution in [0, 0.1) is 0 Å². The Bertz CT molecular complexity index is 1720. The van der Waals surface area contributed by atoms with Gasteiger partial charge in [0.2, 0.25) is 0 Å². The van der Waals surface area contributed by atoms with Crippen LogP contribution in [0.1, 0.15) is 34.5 Å². The largest absolute Gasteiger partial charge is 0.508 e. The summed E-state index contributed by atoms with van der Waals surface area (Å²) in [4.78, 5) is 0. The van der Waals surface area contributed by atoms with E-state index in [4.69, 9.17) is 23.4 Å². The van der Waals surface area contributed by atoms with Gasteiger partial charge >= 0.3 is 0 Å². The maximum Gasteiger partial charge on any atom is 0.164 e. The third-order valence-corrected chi connectivity index (χ3v) is 7.68. The fourth-order valence-electron chi connectivity index (χ4n) is 5.80. The molecule has 0 saturated carbocycles. The van der Waals surface area contributed by atoms with Crippen molar-refractivity contribution in [2.45, 2.75) is 18.4 Å². The molecule has 0 saturated heterocycles. The fraction of sp³-hybridized carbons (Fsp3) is 0.188. The van der Waals surface area contributed by atoms with Crippen LogP contribution in [0.5, 0.6) is 34.5 Å². The second kappa shape index (κ2) is 8.91. The van der Waals surface area contributed by atoms with Crippen LogP contribution in [0.25, 0.3) is 22.1 Å². The van der Waals surface area contributed by atoms with E-state index in [1.807, 2.05) is 54.6 Å². The number of fused-ring (bicyclic) bond motifs is 6. The highest BCUT2D eigenvalue weighted by Crippen LogP contribution is 2.54. The van der Waals surface area contributed by atoms with Gasteiger partial charge in [0.1, 0.15) is 40.4 Å². The number of methoxy groups -OCH3 is 2. The van der Waals surface area contributed by atoms with Gasteiger partial charge in [-0.2, -0.15) is 0 Å². The Hall–Kier alpha value is -4.78. The highest BCUT2D eigenvalue weighted by molar-refractivity contribution is 5.97. The van der Waals surface area contributed by atoms with E-state index >= 15 is 0 Å². The van der Waals surface area contributed by atoms with Gasteiger partial charge in [0, 0.05) is 46.2 Å². The maximum absolute atomic E-state index is 11.0. The van der Waals surface area contributed by atoms with Crippen molar-refractivity contribution in [1.29, 1.82) is 0 Å². The quantitative estimate of drug-likeness (QED) is 0.265. The summed E-state index contributed by atoms with van der Waals surface area (Å²) in [5.74, 6) is 3.27. The smallest absolute Gasteiger partial charge is 0.164 e. The minimum Gasteiger partial charge on any atom is -0.508 e. The Morgan fingerprint density at radius 1 is 0.872 bits per heavy atom. The number of furan rings is 1. The van der Waals surface area contributed by atoms with Crippen molar-refractivity contribution < 1.29 is 33.6 Å². The van der Waals surface area contributed by atoms with Gasteiger partial charge in [-0.3, -0.25) is 0 Å². The molecule has 39 heavy (non-hydrogen) atoms. The topological polar surface area (TPSA) is 90.5 Å². The molecule has 5 aromatic rings. The molecule has 2 N–H and O–H groups in total. The van der Waals surface area contributed by atoms with Crippen molar-refractivity contribution in [3.05, 3.63) is 95.2 Å². The number of ether oxygens (including phenoxy) is 4. The van der Waals surface area contributed by atoms with Crippen LogP contribution in [0.15, 0.2) is 77.2 Å². The molecule has 4 aromatic carbocycles. The van der Waals surface area contributed by atoms with E-state index < -0.39 is 0 Å². The summed E-state index contributed by atoms with van der Waals surface area (Å²) in [6.07, 6.45) is 0.0375. The van der Waals surface area contributed by atoms with Gasteiger partial charge in [-0.25, -0.2) is 0 Å². The molecule has 196 valence electrons. The minimum atomic E-state index is -0.235. The van der Waals surface area contributed by atoms with Gasteiger partial charge in [-0.15, -0.1) is 0 Å². The van der Waals surface area contributed by atoms with E-state index in [0.717, 1.165) is 39.1 Å². The molecule has 7 heteroatoms. The average Bonchev–Trinajstić information content (AvgIpc) is 3.51. The highest BCUT2D eigenvalue weighted by Gasteiger charge is 2.42. The Labute approximate surface area is 224 Å². The van der Waals surface area contributed by atoms with Gasteiger partial charge in [0.15, 0.2) is 11.5 Å². The van der Waals surface area contributed by atoms with Crippen LogP contribution < -0.4 is 18.9 Å². The fourth-order valence-corrected chi connectivity index (χ4v) is 5.80. The summed E-state index contributed by atoms with van der Waals surface area (Å²) in [5.41, 5.74) is 4.93. The third-order valence-electron chi connectivity index (χ3n) is 7.68. The molecule has 0 bridgehead atoms. The molecule has 7 nitrogen and oxygen atoms in total. The molecule has 2 aliphatic rings. The zero-order chi connectivity index (χ0) is 26.7. The molecule has 0 fully saturated rings. The first kappa shape index (κ1) is 23.3. The molecule has 2 aliphatic heterocycles. The van der Waals surface area contributed by atoms with E-state index in [-0.39, 0.29) is 29.9 Å². The first-order valence-electron chi connectivity index (χ1n) is 12.8. The number of aromatic hydroxyl groups is 2. The normalized spacial score (nSPS) is 17.1. The highest BCUT2D eigenvalue weighted by atomic mass is 16.5. The molecular weight excluding hydrogens is 496 g/mol. The van der Waals surface area contributed by atoms with Crippen LogP contribution >= 0.6 is 0 Å². The molecule has 0 unspecified atom stereocenters. The lowest BCUT2D eigenvalue weighted by atomic mass is 9.87. The van der Waals surface area contributed by atoms with E-state index in [2.05, 4.69) is 0 Å². The lowest BCUT2D eigenvalue weighted by molar-refractivity contribution is 0.138. The third kappa shape index (κ3) is 3.65. The Balaban J connectivity index is 1.34. The molecule has 7 rings (SSSR count). The SMILES string of the molecule is COc1ccc2c(c1)O[C@@H]1c3ccc(O)c(Cc4oc5cc(OC)c(O)cc5c4-c4ccccc4)c3OC[C@H]21. The number of benzene rings is 4. The van der Waals surface area contributed by atoms with Gasteiger partial charge < -0.3 is 33.6 Å². The van der Waals surface area contributed by atoms with Crippen LogP contribution in [-0.2, 0) is 6.42 Å². The van der Waals surface area contributed by atoms with E-state index in [9.17, 15) is 10.2 Å². The van der Waals surface area contributed by atoms with E-state index in [0.29, 0.717) is 35.0 Å². The van der Waals surface area contributed by atoms with Crippen LogP contribution in [0.2, 0.25) is 0 Å². The molecule has 0 amide bonds. The zero-order valence-corrected chi connectivity index (χ0v) is 21.4. The van der Waals surface area contributed by atoms with Gasteiger partial charge in [0.25, 0.3) is 0 Å². The van der Waals surface area contributed by atoms with E-state index in [1.54, 1.807) is 25.3 Å². The van der Waals surface area contributed by atoms with Gasteiger partial charge in [-0.1, -0.05) is 36.4 Å². The van der Waals surface area contributed by atoms with Gasteiger partial charge in [-0.05, 0) is 29.8 Å². The number of hydrogen-bond acceptors (Lipinski definition) is 7. The lowest BCUT2D eigenvalue weighted by Gasteiger charge is -2.29. The van der Waals surface area contributed by atoms with Crippen LogP contribution in [0.3, 0.4) is 0 Å². The van der Waals surface area contributed by atoms with Crippen molar-refractivity contribution >= 4 is 11.0 Å². The number of phenolic OH excluding ortho intramolecular Hbond substituents is 2. The predicted molar refractivity (Wildman–Crippen MR) is 145 cm³/mol. The summed E-state index contributed by atoms with van der Waals surface area (Å²) in [7, 11) is 3.14. The Morgan fingerprint density at radius 2 is 1.69 bits per heavy atom. The molecule has 0 aliphatic carbocycles. The molecule has 1 aromatic heterocycles. The summed E-state index contributed by atoms with van der Waals surface area (Å²) < 4.78 is 29.8. The molecular formula is C32H26O7. The van der Waals surface area contributed by atoms with Crippen LogP contribution in [-0.4, -0.2) is 31.0 Å². The monoisotopic (exact) mass is 522 g/mol. The molecule has 2 atom stereocenters. The first-order chi connectivity index (χ1) is 19.1. The lowest BCUT2D eigenvalue weighted by Crippen LogP contribution is -2.24. The Morgan fingerprint density at radius 3 is 2.49 bits per heavy atom. The molecule has 0 radical (unpaired) electrons. The number of hydrogen-bond donors (Lipinski definition) is 2. The maximum atomic E-state index is 11.0. The number of phenols is 2. The van der Waals surface area contributed by atoms with Crippen molar-refractivity contribution in [3.8, 4) is 45.6 Å². The first-order valence-corrected chi connectivity index (χ1v) is 12.8. The molecule has 0 spiro atoms. The van der Waals surface area contributed by atoms with Gasteiger partial charge in [0.05, 0.1) is 26.7 Å². The van der Waals surface area contributed by atoms with Crippen LogP contribution in [0.4, 0.5) is 0 Å². The Kier molecular flexibility index (Phi) is 5.33. The predicted octanol–water partition coefficient (Wildman–Crippen LogP) is 6.73. The van der Waals surface area contributed by atoms with E-state index in [1.165, 1.54) is 7.11 Å². The zero-order valence-electron chi connectivity index (χ0n) is 21.4. The summed E-state index contributed by atoms with van der Waals surface area (Å²) in [6, 6.07) is 22.6. The van der Waals surface area contributed by atoms with Crippen molar-refractivity contribution in [2.24, 2.45) is 0 Å². The van der Waals surface area contributed by atoms with Crippen molar-refractivity contribution in [3.63, 3.8) is 0 Å². The summed E-state index contributed by atoms with van der Waals surface area (Å²) in [6.45, 7) is 0.421. The standard InChI is InChI=1S/C32H26O7/c1-35-18-8-9-19-23-16-37-31-20(32(23)39-26(19)12-18)10-11-24(33)21(31)14-29-30(17-6-4-3-5-7-17)22-13-25(34)28(36-2)15-27(22)38-29/h3-13,15,23,32-34H,14,16H2,1-2H3/t23-,32-/m1/s1. The summed E-state index contributed by atoms with van der Waals surface area (Å²) in [5, 5.41) is 22.3.